The molecule has 0 aliphatic carbocycles. The molecule has 0 saturated carbocycles. The first-order chi connectivity index (χ1) is 10.2. The molecular weight excluding hydrogens is 272 g/mol. The third-order valence-corrected chi connectivity index (χ3v) is 3.32. The van der Waals surface area contributed by atoms with Crippen LogP contribution in [-0.4, -0.2) is 62.0 Å². The van der Waals surface area contributed by atoms with E-state index in [2.05, 4.69) is 10.2 Å². The van der Waals surface area contributed by atoms with Crippen molar-refractivity contribution in [2.24, 2.45) is 0 Å². The van der Waals surface area contributed by atoms with E-state index in [1.54, 1.807) is 12.1 Å². The lowest BCUT2D eigenvalue weighted by atomic mass is 10.2. The predicted octanol–water partition coefficient (Wildman–Crippen LogP) is 0.572. The van der Waals surface area contributed by atoms with Gasteiger partial charge in [-0.1, -0.05) is 12.1 Å². The van der Waals surface area contributed by atoms with Crippen LogP contribution in [0.2, 0.25) is 0 Å². The zero-order valence-corrected chi connectivity index (χ0v) is 12.1. The highest BCUT2D eigenvalue weighted by molar-refractivity contribution is 5.68. The minimum absolute atomic E-state index is 0.308. The van der Waals surface area contributed by atoms with Crippen molar-refractivity contribution in [3.8, 4) is 5.75 Å². The molecule has 0 spiro atoms. The molecule has 1 aromatic carbocycles. The molecule has 1 aromatic rings. The number of rotatable bonds is 8. The van der Waals surface area contributed by atoms with Crippen LogP contribution in [0.3, 0.4) is 0 Å². The average Bonchev–Trinajstić information content (AvgIpc) is 2.52. The second-order valence-corrected chi connectivity index (χ2v) is 4.96. The van der Waals surface area contributed by atoms with Crippen molar-refractivity contribution in [3.05, 3.63) is 29.8 Å². The molecule has 1 heterocycles. The van der Waals surface area contributed by atoms with Gasteiger partial charge in [-0.2, -0.15) is 0 Å². The Bertz CT molecular complexity index is 430. The van der Waals surface area contributed by atoms with Gasteiger partial charge >= 0.3 is 5.97 Å². The molecule has 2 rings (SSSR count). The molecular formula is C15H22N2O4. The number of carboxylic acids is 1. The summed E-state index contributed by atoms with van der Waals surface area (Å²) in [6, 6.07) is 7.47. The van der Waals surface area contributed by atoms with Crippen molar-refractivity contribution in [1.29, 1.82) is 0 Å². The van der Waals surface area contributed by atoms with Gasteiger partial charge in [0.25, 0.3) is 0 Å². The largest absolute Gasteiger partial charge is 0.482 e. The van der Waals surface area contributed by atoms with Crippen molar-refractivity contribution in [3.63, 3.8) is 0 Å². The Kier molecular flexibility index (Phi) is 6.46. The van der Waals surface area contributed by atoms with Crippen LogP contribution < -0.4 is 10.1 Å². The molecule has 6 heteroatoms. The van der Waals surface area contributed by atoms with Crippen LogP contribution in [0.4, 0.5) is 0 Å². The third-order valence-electron chi connectivity index (χ3n) is 3.32. The lowest BCUT2D eigenvalue weighted by Gasteiger charge is -2.26. The highest BCUT2D eigenvalue weighted by atomic mass is 16.5. The van der Waals surface area contributed by atoms with E-state index in [0.717, 1.165) is 51.5 Å². The smallest absolute Gasteiger partial charge is 0.341 e. The molecule has 1 fully saturated rings. The van der Waals surface area contributed by atoms with E-state index in [0.29, 0.717) is 5.75 Å². The average molecular weight is 294 g/mol. The van der Waals surface area contributed by atoms with E-state index in [1.807, 2.05) is 12.1 Å². The normalized spacial score (nSPS) is 15.8. The summed E-state index contributed by atoms with van der Waals surface area (Å²) in [6.07, 6.45) is 0. The van der Waals surface area contributed by atoms with Crippen LogP contribution in [0, 0.1) is 0 Å². The molecule has 0 bridgehead atoms. The molecule has 2 N–H and O–H groups in total. The van der Waals surface area contributed by atoms with Crippen LogP contribution in [0.5, 0.6) is 5.75 Å². The SMILES string of the molecule is O=C(O)COc1ccc(CNCCN2CCOCC2)cc1. The number of hydrogen-bond acceptors (Lipinski definition) is 5. The quantitative estimate of drug-likeness (QED) is 0.683. The first kappa shape index (κ1) is 15.8. The zero-order valence-electron chi connectivity index (χ0n) is 12.1. The minimum Gasteiger partial charge on any atom is -0.482 e. The maximum absolute atomic E-state index is 10.4. The first-order valence-corrected chi connectivity index (χ1v) is 7.18. The number of nitrogens with one attached hydrogen (secondary N) is 1. The van der Waals surface area contributed by atoms with Gasteiger partial charge in [-0.05, 0) is 17.7 Å². The molecule has 1 aliphatic rings. The molecule has 6 nitrogen and oxygen atoms in total. The Morgan fingerprint density at radius 2 is 2.00 bits per heavy atom. The summed E-state index contributed by atoms with van der Waals surface area (Å²) >= 11 is 0. The number of ether oxygens (including phenoxy) is 2. The number of benzene rings is 1. The van der Waals surface area contributed by atoms with E-state index in [1.165, 1.54) is 0 Å². The number of morpholine rings is 1. The molecule has 1 saturated heterocycles. The van der Waals surface area contributed by atoms with Gasteiger partial charge in [0.05, 0.1) is 13.2 Å². The monoisotopic (exact) mass is 294 g/mol. The summed E-state index contributed by atoms with van der Waals surface area (Å²) in [5, 5.41) is 11.9. The fourth-order valence-corrected chi connectivity index (χ4v) is 2.14. The van der Waals surface area contributed by atoms with Crippen molar-refractivity contribution in [2.45, 2.75) is 6.54 Å². The van der Waals surface area contributed by atoms with Crippen LogP contribution in [0.25, 0.3) is 0 Å². The summed E-state index contributed by atoms with van der Waals surface area (Å²) in [6.45, 7) is 6.14. The van der Waals surface area contributed by atoms with E-state index >= 15 is 0 Å². The van der Waals surface area contributed by atoms with Crippen LogP contribution in [-0.2, 0) is 16.1 Å². The molecule has 116 valence electrons. The van der Waals surface area contributed by atoms with Crippen LogP contribution in [0.15, 0.2) is 24.3 Å². The molecule has 21 heavy (non-hydrogen) atoms. The van der Waals surface area contributed by atoms with Crippen LogP contribution in [0.1, 0.15) is 5.56 Å². The Balaban J connectivity index is 1.62. The van der Waals surface area contributed by atoms with Crippen molar-refractivity contribution in [1.82, 2.24) is 10.2 Å². The molecule has 0 radical (unpaired) electrons. The first-order valence-electron chi connectivity index (χ1n) is 7.18. The number of nitrogens with zero attached hydrogens (tertiary/aromatic N) is 1. The standard InChI is InChI=1S/C15H22N2O4/c18-15(19)12-21-14-3-1-13(2-4-14)11-16-5-6-17-7-9-20-10-8-17/h1-4,16H,5-12H2,(H,18,19). The second kappa shape index (κ2) is 8.61. The number of hydrogen-bond donors (Lipinski definition) is 2. The third kappa shape index (κ3) is 6.12. The summed E-state index contributed by atoms with van der Waals surface area (Å²) in [5.41, 5.74) is 1.15. The topological polar surface area (TPSA) is 71.0 Å². The summed E-state index contributed by atoms with van der Waals surface area (Å²) in [4.78, 5) is 12.8. The summed E-state index contributed by atoms with van der Waals surface area (Å²) in [5.74, 6) is -0.390. The Morgan fingerprint density at radius 3 is 2.67 bits per heavy atom. The molecule has 1 aliphatic heterocycles. The Morgan fingerprint density at radius 1 is 1.29 bits per heavy atom. The second-order valence-electron chi connectivity index (χ2n) is 4.96. The van der Waals surface area contributed by atoms with E-state index in [-0.39, 0.29) is 6.61 Å². The highest BCUT2D eigenvalue weighted by Gasteiger charge is 2.08. The predicted molar refractivity (Wildman–Crippen MR) is 78.5 cm³/mol. The Labute approximate surface area is 124 Å². The van der Waals surface area contributed by atoms with Gasteiger partial charge in [0.1, 0.15) is 5.75 Å². The fourth-order valence-electron chi connectivity index (χ4n) is 2.14. The van der Waals surface area contributed by atoms with Crippen LogP contribution >= 0.6 is 0 Å². The lowest BCUT2D eigenvalue weighted by molar-refractivity contribution is -0.139. The summed E-state index contributed by atoms with van der Waals surface area (Å²) in [7, 11) is 0. The van der Waals surface area contributed by atoms with Gasteiger partial charge in [0, 0.05) is 32.7 Å². The van der Waals surface area contributed by atoms with Gasteiger partial charge in [-0.3, -0.25) is 4.90 Å². The maximum atomic E-state index is 10.4. The lowest BCUT2D eigenvalue weighted by Crippen LogP contribution is -2.40. The van der Waals surface area contributed by atoms with E-state index < -0.39 is 5.97 Å². The molecule has 0 unspecified atom stereocenters. The number of carboxylic acid groups (broad SMARTS) is 1. The maximum Gasteiger partial charge on any atom is 0.341 e. The molecule has 0 amide bonds. The van der Waals surface area contributed by atoms with Crippen molar-refractivity contribution in [2.75, 3.05) is 46.0 Å². The minimum atomic E-state index is -0.969. The van der Waals surface area contributed by atoms with Gasteiger partial charge in [0.2, 0.25) is 0 Å². The van der Waals surface area contributed by atoms with E-state index in [9.17, 15) is 4.79 Å². The number of carbonyl (C=O) groups is 1. The molecule has 0 atom stereocenters. The number of aliphatic carboxylic acids is 1. The summed E-state index contributed by atoms with van der Waals surface area (Å²) < 4.78 is 10.4. The highest BCUT2D eigenvalue weighted by Crippen LogP contribution is 2.11. The van der Waals surface area contributed by atoms with Crippen molar-refractivity contribution >= 4 is 5.97 Å². The van der Waals surface area contributed by atoms with E-state index in [4.69, 9.17) is 14.6 Å². The molecule has 0 aromatic heterocycles. The fraction of sp³-hybridized carbons (Fsp3) is 0.533. The Hall–Kier alpha value is -1.63. The van der Waals surface area contributed by atoms with Gasteiger partial charge < -0.3 is 19.9 Å². The van der Waals surface area contributed by atoms with Gasteiger partial charge in [0.15, 0.2) is 6.61 Å². The van der Waals surface area contributed by atoms with Gasteiger partial charge in [-0.25, -0.2) is 4.79 Å². The van der Waals surface area contributed by atoms with Gasteiger partial charge in [-0.15, -0.1) is 0 Å². The zero-order chi connectivity index (χ0) is 14.9. The van der Waals surface area contributed by atoms with Crippen molar-refractivity contribution < 1.29 is 19.4 Å².